The molecule has 122 valence electrons. The molecule has 0 radical (unpaired) electrons. The highest BCUT2D eigenvalue weighted by Crippen LogP contribution is 2.30. The Morgan fingerprint density at radius 3 is 2.96 bits per heavy atom. The molecule has 1 heterocycles. The summed E-state index contributed by atoms with van der Waals surface area (Å²) in [6.45, 7) is 1.76. The Morgan fingerprint density at radius 1 is 1.35 bits per heavy atom. The third kappa shape index (κ3) is 3.84. The Kier molecular flexibility index (Phi) is 5.17. The Balaban J connectivity index is 1.66. The summed E-state index contributed by atoms with van der Waals surface area (Å²) in [6.07, 6.45) is 5.86. The van der Waals surface area contributed by atoms with Gasteiger partial charge in [0.15, 0.2) is 10.4 Å². The molecule has 1 N–H and O–H groups in total. The van der Waals surface area contributed by atoms with Crippen molar-refractivity contribution in [1.29, 1.82) is 0 Å². The molecule has 0 saturated heterocycles. The Bertz CT molecular complexity index is 702. The van der Waals surface area contributed by atoms with Crippen LogP contribution in [0, 0.1) is 0 Å². The van der Waals surface area contributed by atoms with Gasteiger partial charge in [-0.15, -0.1) is 10.2 Å². The highest BCUT2D eigenvalue weighted by atomic mass is 32.2. The van der Waals surface area contributed by atoms with Gasteiger partial charge in [0.1, 0.15) is 5.75 Å². The summed E-state index contributed by atoms with van der Waals surface area (Å²) in [5.74, 6) is 0.620. The lowest BCUT2D eigenvalue weighted by atomic mass is 9.91. The lowest BCUT2D eigenvalue weighted by molar-refractivity contribution is -0.122. The molecule has 5 nitrogen and oxygen atoms in total. The molecule has 1 atom stereocenters. The number of hydrogen-bond acceptors (Lipinski definition) is 6. The van der Waals surface area contributed by atoms with E-state index in [0.29, 0.717) is 5.13 Å². The van der Waals surface area contributed by atoms with Crippen LogP contribution in [0.25, 0.3) is 0 Å². The molecule has 2 aromatic rings. The smallest absolute Gasteiger partial charge is 0.266 e. The average Bonchev–Trinajstić information content (AvgIpc) is 3.02. The Morgan fingerprint density at radius 2 is 2.17 bits per heavy atom. The number of fused-ring (bicyclic) bond motifs is 1. The Hall–Kier alpha value is -1.60. The van der Waals surface area contributed by atoms with Gasteiger partial charge in [-0.1, -0.05) is 35.2 Å². The van der Waals surface area contributed by atoms with E-state index in [-0.39, 0.29) is 5.91 Å². The molecule has 0 spiro atoms. The van der Waals surface area contributed by atoms with Crippen LogP contribution < -0.4 is 10.1 Å². The molecule has 23 heavy (non-hydrogen) atoms. The van der Waals surface area contributed by atoms with E-state index in [4.69, 9.17) is 4.74 Å². The predicted molar refractivity (Wildman–Crippen MR) is 93.5 cm³/mol. The Labute approximate surface area is 143 Å². The highest BCUT2D eigenvalue weighted by molar-refractivity contribution is 8.00. The van der Waals surface area contributed by atoms with Gasteiger partial charge in [-0.3, -0.25) is 10.1 Å². The average molecular weight is 349 g/mol. The second-order valence-electron chi connectivity index (χ2n) is 5.43. The molecule has 1 aliphatic carbocycles. The minimum Gasteiger partial charge on any atom is -0.481 e. The number of thioether (sulfide) groups is 1. The van der Waals surface area contributed by atoms with Crippen LogP contribution in [0.5, 0.6) is 5.75 Å². The molecule has 0 bridgehead atoms. The second kappa shape index (κ2) is 7.31. The molecule has 0 unspecified atom stereocenters. The van der Waals surface area contributed by atoms with Crippen LogP contribution in [0.15, 0.2) is 22.5 Å². The van der Waals surface area contributed by atoms with E-state index in [0.717, 1.165) is 22.9 Å². The first-order valence-corrected chi connectivity index (χ1v) is 9.67. The summed E-state index contributed by atoms with van der Waals surface area (Å²) < 4.78 is 6.74. The number of hydrogen-bond donors (Lipinski definition) is 1. The maximum atomic E-state index is 12.3. The van der Waals surface area contributed by atoms with Crippen molar-refractivity contribution < 1.29 is 9.53 Å². The lowest BCUT2D eigenvalue weighted by Gasteiger charge is -2.21. The van der Waals surface area contributed by atoms with Crippen molar-refractivity contribution in [2.45, 2.75) is 43.1 Å². The van der Waals surface area contributed by atoms with Crippen LogP contribution >= 0.6 is 23.1 Å². The van der Waals surface area contributed by atoms with Crippen molar-refractivity contribution in [3.8, 4) is 5.75 Å². The highest BCUT2D eigenvalue weighted by Gasteiger charge is 2.20. The van der Waals surface area contributed by atoms with Crippen molar-refractivity contribution in [3.05, 3.63) is 29.3 Å². The van der Waals surface area contributed by atoms with Crippen molar-refractivity contribution in [2.24, 2.45) is 0 Å². The first-order chi connectivity index (χ1) is 11.2. The molecule has 0 saturated carbocycles. The molecule has 1 aromatic heterocycles. The van der Waals surface area contributed by atoms with Gasteiger partial charge < -0.3 is 4.74 Å². The number of aromatic nitrogens is 2. The fraction of sp³-hybridized carbons (Fsp3) is 0.438. The molecule has 1 amide bonds. The maximum Gasteiger partial charge on any atom is 0.266 e. The van der Waals surface area contributed by atoms with Gasteiger partial charge in [-0.05, 0) is 56.1 Å². The van der Waals surface area contributed by atoms with Crippen molar-refractivity contribution >= 4 is 34.1 Å². The monoisotopic (exact) mass is 349 g/mol. The first kappa shape index (κ1) is 16.3. The number of aryl methyl sites for hydroxylation is 1. The largest absolute Gasteiger partial charge is 0.481 e. The van der Waals surface area contributed by atoms with Gasteiger partial charge in [0.05, 0.1) is 0 Å². The summed E-state index contributed by atoms with van der Waals surface area (Å²) >= 11 is 2.87. The summed E-state index contributed by atoms with van der Waals surface area (Å²) in [5.41, 5.74) is 2.59. The van der Waals surface area contributed by atoms with Gasteiger partial charge >= 0.3 is 0 Å². The van der Waals surface area contributed by atoms with E-state index in [1.54, 1.807) is 6.92 Å². The van der Waals surface area contributed by atoms with E-state index in [2.05, 4.69) is 21.6 Å². The van der Waals surface area contributed by atoms with Crippen molar-refractivity contribution in [1.82, 2.24) is 10.2 Å². The SMILES string of the molecule is CSc1nnc(NC(=O)[C@@H](C)Oc2cccc3c2CCCC3)s1. The summed E-state index contributed by atoms with van der Waals surface area (Å²) in [4.78, 5) is 12.3. The van der Waals surface area contributed by atoms with Gasteiger partial charge in [0.25, 0.3) is 5.91 Å². The number of nitrogens with zero attached hydrogens (tertiary/aromatic N) is 2. The third-order valence-corrected chi connectivity index (χ3v) is 5.65. The van der Waals surface area contributed by atoms with E-state index in [9.17, 15) is 4.79 Å². The summed E-state index contributed by atoms with van der Waals surface area (Å²) in [7, 11) is 0. The van der Waals surface area contributed by atoms with Crippen molar-refractivity contribution in [2.75, 3.05) is 11.6 Å². The van der Waals surface area contributed by atoms with E-state index in [1.807, 2.05) is 18.4 Å². The minimum atomic E-state index is -0.579. The molecule has 7 heteroatoms. The summed E-state index contributed by atoms with van der Waals surface area (Å²) in [5, 5.41) is 11.2. The number of carbonyl (C=O) groups is 1. The van der Waals surface area contributed by atoms with Crippen LogP contribution in [0.2, 0.25) is 0 Å². The van der Waals surface area contributed by atoms with Gasteiger partial charge in [-0.2, -0.15) is 0 Å². The number of amides is 1. The fourth-order valence-corrected chi connectivity index (χ4v) is 3.82. The minimum absolute atomic E-state index is 0.206. The van der Waals surface area contributed by atoms with Gasteiger partial charge in [0, 0.05) is 0 Å². The second-order valence-corrected chi connectivity index (χ2v) is 7.46. The fourth-order valence-electron chi connectivity index (χ4n) is 2.65. The predicted octanol–water partition coefficient (Wildman–Crippen LogP) is 3.54. The number of rotatable bonds is 5. The zero-order valence-electron chi connectivity index (χ0n) is 13.2. The first-order valence-electron chi connectivity index (χ1n) is 7.63. The standard InChI is InChI=1S/C16H19N3O2S2/c1-10(14(20)17-15-18-19-16(22-2)23-15)21-13-9-5-7-11-6-3-4-8-12(11)13/h5,7,9-10H,3-4,6,8H2,1-2H3,(H,17,18,20)/t10-/m1/s1. The zero-order valence-corrected chi connectivity index (χ0v) is 14.8. The topological polar surface area (TPSA) is 64.1 Å². The van der Waals surface area contributed by atoms with Crippen LogP contribution in [-0.2, 0) is 17.6 Å². The van der Waals surface area contributed by atoms with Crippen LogP contribution in [0.1, 0.15) is 30.9 Å². The van der Waals surface area contributed by atoms with Crippen LogP contribution in [-0.4, -0.2) is 28.5 Å². The van der Waals surface area contributed by atoms with Crippen molar-refractivity contribution in [3.63, 3.8) is 0 Å². The molecule has 0 aliphatic heterocycles. The van der Waals surface area contributed by atoms with Gasteiger partial charge in [-0.25, -0.2) is 0 Å². The number of anilines is 1. The van der Waals surface area contributed by atoms with Crippen LogP contribution in [0.3, 0.4) is 0 Å². The van der Waals surface area contributed by atoms with E-state index in [1.165, 1.54) is 47.1 Å². The van der Waals surface area contributed by atoms with Crippen LogP contribution in [0.4, 0.5) is 5.13 Å². The number of carbonyl (C=O) groups excluding carboxylic acids is 1. The van der Waals surface area contributed by atoms with E-state index >= 15 is 0 Å². The normalized spacial score (nSPS) is 14.9. The molecular weight excluding hydrogens is 330 g/mol. The summed E-state index contributed by atoms with van der Waals surface area (Å²) in [6, 6.07) is 6.10. The molecule has 1 aliphatic rings. The number of nitrogens with one attached hydrogen (secondary N) is 1. The molecule has 3 rings (SSSR count). The zero-order chi connectivity index (χ0) is 16.2. The quantitative estimate of drug-likeness (QED) is 0.661. The number of benzene rings is 1. The number of ether oxygens (including phenoxy) is 1. The lowest BCUT2D eigenvalue weighted by Crippen LogP contribution is -2.30. The van der Waals surface area contributed by atoms with Gasteiger partial charge in [0.2, 0.25) is 5.13 Å². The maximum absolute atomic E-state index is 12.3. The van der Waals surface area contributed by atoms with E-state index < -0.39 is 6.10 Å². The molecule has 0 fully saturated rings. The molecular formula is C16H19N3O2S2. The molecule has 1 aromatic carbocycles. The third-order valence-electron chi connectivity index (χ3n) is 3.84.